The minimum atomic E-state index is 0.549. The molecule has 0 unspecified atom stereocenters. The van der Waals surface area contributed by atoms with Gasteiger partial charge in [0.25, 0.3) is 0 Å². The van der Waals surface area contributed by atoms with Gasteiger partial charge in [-0.25, -0.2) is 9.97 Å². The van der Waals surface area contributed by atoms with E-state index in [9.17, 15) is 0 Å². The molecule has 3 aromatic heterocycles. The van der Waals surface area contributed by atoms with Crippen LogP contribution in [0, 0.1) is 0 Å². The predicted molar refractivity (Wildman–Crippen MR) is 113 cm³/mol. The van der Waals surface area contributed by atoms with Crippen LogP contribution in [0.3, 0.4) is 0 Å². The van der Waals surface area contributed by atoms with E-state index < -0.39 is 0 Å². The summed E-state index contributed by atoms with van der Waals surface area (Å²) in [6, 6.07) is 12.4. The van der Waals surface area contributed by atoms with Gasteiger partial charge in [0.1, 0.15) is 0 Å². The monoisotopic (exact) mass is 404 g/mol. The molecule has 4 aromatic rings. The summed E-state index contributed by atoms with van der Waals surface area (Å²) in [5.41, 5.74) is 4.66. The zero-order chi connectivity index (χ0) is 20.3. The van der Waals surface area contributed by atoms with E-state index in [-0.39, 0.29) is 0 Å². The van der Waals surface area contributed by atoms with Gasteiger partial charge in [0, 0.05) is 45.0 Å². The molecule has 0 amide bonds. The lowest BCUT2D eigenvalue weighted by Gasteiger charge is -2.28. The molecule has 4 heterocycles. The van der Waals surface area contributed by atoms with E-state index in [4.69, 9.17) is 14.1 Å². The lowest BCUT2D eigenvalue weighted by atomic mass is 10.00. The smallest absolute Gasteiger partial charge is 0.225 e. The van der Waals surface area contributed by atoms with Crippen molar-refractivity contribution in [3.8, 4) is 11.6 Å². The van der Waals surface area contributed by atoms with Crippen LogP contribution in [-0.4, -0.2) is 51.3 Å². The van der Waals surface area contributed by atoms with Gasteiger partial charge >= 0.3 is 0 Å². The summed E-state index contributed by atoms with van der Waals surface area (Å²) in [4.78, 5) is 11.8. The summed E-state index contributed by atoms with van der Waals surface area (Å²) in [5, 5.41) is 7.92. The molecule has 0 saturated carbocycles. The van der Waals surface area contributed by atoms with Gasteiger partial charge in [-0.05, 0) is 29.7 Å². The Bertz CT molecular complexity index is 1140. The van der Waals surface area contributed by atoms with Crippen LogP contribution >= 0.6 is 0 Å². The Morgan fingerprint density at radius 3 is 2.90 bits per heavy atom. The number of ether oxygens (including phenoxy) is 1. The van der Waals surface area contributed by atoms with Gasteiger partial charge in [-0.1, -0.05) is 24.3 Å². The van der Waals surface area contributed by atoms with Crippen LogP contribution in [0.1, 0.15) is 16.7 Å². The quantitative estimate of drug-likeness (QED) is 0.474. The van der Waals surface area contributed by atoms with Crippen LogP contribution in [0.4, 0.5) is 5.95 Å². The fraction of sp³-hybridized carbons (Fsp3) is 0.318. The fourth-order valence-corrected chi connectivity index (χ4v) is 3.86. The number of anilines is 1. The molecule has 0 atom stereocenters. The van der Waals surface area contributed by atoms with Gasteiger partial charge in [0.2, 0.25) is 11.8 Å². The average Bonchev–Trinajstić information content (AvgIpc) is 3.45. The van der Waals surface area contributed by atoms with Crippen molar-refractivity contribution in [2.45, 2.75) is 19.5 Å². The van der Waals surface area contributed by atoms with Crippen LogP contribution in [0.25, 0.3) is 17.2 Å². The van der Waals surface area contributed by atoms with Gasteiger partial charge in [-0.15, -0.1) is 5.10 Å². The van der Waals surface area contributed by atoms with E-state index >= 15 is 0 Å². The molecule has 154 valence electrons. The van der Waals surface area contributed by atoms with E-state index in [0.29, 0.717) is 30.7 Å². The van der Waals surface area contributed by atoms with Crippen molar-refractivity contribution in [3.63, 3.8) is 0 Å². The molecule has 30 heavy (non-hydrogen) atoms. The number of benzene rings is 1. The molecule has 1 aliphatic heterocycles. The first-order valence-corrected chi connectivity index (χ1v) is 10.1. The minimum Gasteiger partial charge on any atom is -0.461 e. The second-order valence-corrected chi connectivity index (χ2v) is 7.40. The van der Waals surface area contributed by atoms with Crippen LogP contribution < -0.4 is 5.32 Å². The minimum absolute atomic E-state index is 0.549. The molecule has 0 saturated heterocycles. The molecular weight excluding hydrogens is 380 g/mol. The lowest BCUT2D eigenvalue weighted by Crippen LogP contribution is -2.30. The summed E-state index contributed by atoms with van der Waals surface area (Å²) < 4.78 is 12.4. The molecule has 0 spiro atoms. The summed E-state index contributed by atoms with van der Waals surface area (Å²) in [6.45, 7) is 3.92. The highest BCUT2D eigenvalue weighted by atomic mass is 16.5. The first-order valence-electron chi connectivity index (χ1n) is 10.1. The fourth-order valence-electron chi connectivity index (χ4n) is 3.86. The number of furan rings is 1. The van der Waals surface area contributed by atoms with Crippen molar-refractivity contribution in [1.29, 1.82) is 0 Å². The Balaban J connectivity index is 1.46. The number of fused-ring (bicyclic) bond motifs is 2. The first kappa shape index (κ1) is 18.8. The van der Waals surface area contributed by atoms with Gasteiger partial charge in [0.05, 0.1) is 12.9 Å². The molecule has 0 fully saturated rings. The second-order valence-electron chi connectivity index (χ2n) is 7.40. The van der Waals surface area contributed by atoms with Crippen molar-refractivity contribution >= 4 is 11.6 Å². The molecule has 5 rings (SSSR count). The molecule has 1 aliphatic rings. The molecular formula is C22H24N6O2. The van der Waals surface area contributed by atoms with E-state index in [1.54, 1.807) is 17.9 Å². The third-order valence-corrected chi connectivity index (χ3v) is 5.37. The number of methoxy groups -OCH3 is 1. The average molecular weight is 404 g/mol. The van der Waals surface area contributed by atoms with Crippen molar-refractivity contribution in [2.24, 2.45) is 0 Å². The first-order chi connectivity index (χ1) is 14.8. The van der Waals surface area contributed by atoms with Crippen LogP contribution in [0.15, 0.2) is 53.3 Å². The largest absolute Gasteiger partial charge is 0.461 e. The number of hydrogen-bond acceptors (Lipinski definition) is 7. The molecule has 8 heteroatoms. The highest BCUT2D eigenvalue weighted by Gasteiger charge is 2.20. The predicted octanol–water partition coefficient (Wildman–Crippen LogP) is 3.00. The summed E-state index contributed by atoms with van der Waals surface area (Å²) in [7, 11) is 1.68. The Kier molecular flexibility index (Phi) is 5.17. The number of hydrogen-bond donors (Lipinski definition) is 1. The number of rotatable bonds is 7. The molecule has 1 N–H and O–H groups in total. The highest BCUT2D eigenvalue weighted by molar-refractivity contribution is 5.58. The van der Waals surface area contributed by atoms with Crippen molar-refractivity contribution in [3.05, 3.63) is 65.5 Å². The van der Waals surface area contributed by atoms with Gasteiger partial charge < -0.3 is 14.5 Å². The summed E-state index contributed by atoms with van der Waals surface area (Å²) in [6.07, 6.45) is 4.58. The Hall–Kier alpha value is -3.23. The van der Waals surface area contributed by atoms with E-state index in [2.05, 4.69) is 44.6 Å². The zero-order valence-corrected chi connectivity index (χ0v) is 16.9. The maximum atomic E-state index is 5.51. The third-order valence-electron chi connectivity index (χ3n) is 5.37. The second kappa shape index (κ2) is 8.25. The highest BCUT2D eigenvalue weighted by Crippen LogP contribution is 2.24. The normalized spacial score (nSPS) is 14.2. The third kappa shape index (κ3) is 3.67. The van der Waals surface area contributed by atoms with Gasteiger partial charge in [-0.2, -0.15) is 4.52 Å². The van der Waals surface area contributed by atoms with E-state index in [1.165, 1.54) is 11.1 Å². The Labute approximate surface area is 174 Å². The summed E-state index contributed by atoms with van der Waals surface area (Å²) in [5.74, 6) is 1.83. The Morgan fingerprint density at radius 2 is 2.07 bits per heavy atom. The maximum Gasteiger partial charge on any atom is 0.225 e. The standard InChI is InChI=1S/C22H24N6O2/c1-29-12-9-23-22-24-13-18(15-27-10-8-16-5-2-3-6-17(16)14-27)21-25-20(26-28(21)22)19-7-4-11-30-19/h2-7,11,13H,8-10,12,14-15H2,1H3,(H,23,24). The van der Waals surface area contributed by atoms with E-state index in [0.717, 1.165) is 37.3 Å². The van der Waals surface area contributed by atoms with Gasteiger partial charge in [0.15, 0.2) is 11.4 Å². The number of nitrogens with one attached hydrogen (secondary N) is 1. The number of nitrogens with zero attached hydrogens (tertiary/aromatic N) is 5. The van der Waals surface area contributed by atoms with Crippen LogP contribution in [0.2, 0.25) is 0 Å². The van der Waals surface area contributed by atoms with Crippen LogP contribution in [0.5, 0.6) is 0 Å². The molecule has 0 aliphatic carbocycles. The summed E-state index contributed by atoms with van der Waals surface area (Å²) >= 11 is 0. The maximum absolute atomic E-state index is 5.51. The van der Waals surface area contributed by atoms with Crippen LogP contribution in [-0.2, 0) is 24.2 Å². The van der Waals surface area contributed by atoms with Crippen molar-refractivity contribution in [1.82, 2.24) is 24.5 Å². The van der Waals surface area contributed by atoms with E-state index in [1.807, 2.05) is 18.3 Å². The molecule has 8 nitrogen and oxygen atoms in total. The molecule has 0 radical (unpaired) electrons. The number of aromatic nitrogens is 4. The topological polar surface area (TPSA) is 80.7 Å². The van der Waals surface area contributed by atoms with Crippen molar-refractivity contribution < 1.29 is 9.15 Å². The lowest BCUT2D eigenvalue weighted by molar-refractivity contribution is 0.210. The van der Waals surface area contributed by atoms with Gasteiger partial charge in [-0.3, -0.25) is 4.90 Å². The Morgan fingerprint density at radius 1 is 1.17 bits per heavy atom. The SMILES string of the molecule is COCCNc1ncc(CN2CCc3ccccc3C2)c2nc(-c3ccco3)nn12. The molecule has 0 bridgehead atoms. The molecule has 1 aromatic carbocycles. The zero-order valence-electron chi connectivity index (χ0n) is 16.9. The van der Waals surface area contributed by atoms with Crippen molar-refractivity contribution in [2.75, 3.05) is 32.1 Å².